The number of benzene rings is 1. The Kier molecular flexibility index (Phi) is 5.65. The van der Waals surface area contributed by atoms with Gasteiger partial charge < -0.3 is 4.74 Å². The van der Waals surface area contributed by atoms with Gasteiger partial charge in [-0.1, -0.05) is 23.8 Å². The topological polar surface area (TPSA) is 9.23 Å². The average Bonchev–Trinajstić information content (AvgIpc) is 2.64. The molecule has 2 aliphatic rings. The highest BCUT2D eigenvalue weighted by Crippen LogP contribution is 2.42. The molecule has 1 saturated carbocycles. The third-order valence-corrected chi connectivity index (χ3v) is 6.23. The Hall–Kier alpha value is -1.28. The van der Waals surface area contributed by atoms with Crippen molar-refractivity contribution in [2.75, 3.05) is 7.11 Å². The van der Waals surface area contributed by atoms with E-state index in [0.717, 1.165) is 36.7 Å². The molecule has 0 spiro atoms. The summed E-state index contributed by atoms with van der Waals surface area (Å²) in [6, 6.07) is 3.55. The van der Waals surface area contributed by atoms with Crippen molar-refractivity contribution in [3.05, 3.63) is 47.3 Å². The molecule has 0 bridgehead atoms. The minimum Gasteiger partial charge on any atom is -0.495 e. The minimum atomic E-state index is -0.354. The summed E-state index contributed by atoms with van der Waals surface area (Å²) in [6.07, 6.45) is 12.7. The number of halogens is 2. The number of hydrogen-bond acceptors (Lipinski definition) is 1. The third-order valence-electron chi connectivity index (χ3n) is 5.88. The smallest absolute Gasteiger partial charge is 0.153 e. The number of methoxy groups -OCH3 is 1. The predicted molar refractivity (Wildman–Crippen MR) is 98.9 cm³/mol. The van der Waals surface area contributed by atoms with Gasteiger partial charge in [0.1, 0.15) is 10.8 Å². The van der Waals surface area contributed by atoms with Gasteiger partial charge in [0.05, 0.1) is 7.11 Å². The highest BCUT2D eigenvalue weighted by Gasteiger charge is 2.28. The van der Waals surface area contributed by atoms with Crippen molar-refractivity contribution >= 4 is 17.2 Å². The molecule has 3 rings (SSSR count). The van der Waals surface area contributed by atoms with E-state index in [-0.39, 0.29) is 10.8 Å². The lowest BCUT2D eigenvalue weighted by Gasteiger charge is -2.34. The Morgan fingerprint density at radius 1 is 1.17 bits per heavy atom. The second-order valence-corrected chi connectivity index (χ2v) is 7.50. The second kappa shape index (κ2) is 7.74. The van der Waals surface area contributed by atoms with Gasteiger partial charge in [-0.05, 0) is 80.4 Å². The minimum absolute atomic E-state index is 0.0840. The van der Waals surface area contributed by atoms with Gasteiger partial charge in [-0.3, -0.25) is 0 Å². The maximum Gasteiger partial charge on any atom is 0.153 e. The molecule has 0 amide bonds. The molecule has 0 aliphatic heterocycles. The van der Waals surface area contributed by atoms with Gasteiger partial charge in [-0.15, -0.1) is 6.58 Å². The Morgan fingerprint density at radius 2 is 1.92 bits per heavy atom. The van der Waals surface area contributed by atoms with Crippen LogP contribution in [0.5, 0.6) is 5.75 Å². The van der Waals surface area contributed by atoms with Crippen LogP contribution in [-0.4, -0.2) is 7.11 Å². The van der Waals surface area contributed by atoms with E-state index < -0.39 is 0 Å². The van der Waals surface area contributed by atoms with E-state index in [2.05, 4.69) is 18.7 Å². The fourth-order valence-electron chi connectivity index (χ4n) is 4.32. The molecule has 24 heavy (non-hydrogen) atoms. The van der Waals surface area contributed by atoms with E-state index >= 15 is 0 Å². The molecule has 0 saturated heterocycles. The van der Waals surface area contributed by atoms with Crippen LogP contribution < -0.4 is 4.74 Å². The van der Waals surface area contributed by atoms with E-state index in [1.807, 2.05) is 0 Å². The van der Waals surface area contributed by atoms with Gasteiger partial charge in [-0.25, -0.2) is 4.39 Å². The van der Waals surface area contributed by atoms with Crippen LogP contribution in [0.3, 0.4) is 0 Å². The molecule has 1 unspecified atom stereocenters. The van der Waals surface area contributed by atoms with Crippen LogP contribution in [0.25, 0.3) is 5.57 Å². The van der Waals surface area contributed by atoms with Gasteiger partial charge in [0.2, 0.25) is 0 Å². The Balaban J connectivity index is 1.68. The Morgan fingerprint density at radius 3 is 2.50 bits per heavy atom. The van der Waals surface area contributed by atoms with Crippen molar-refractivity contribution in [2.24, 2.45) is 17.8 Å². The van der Waals surface area contributed by atoms with Crippen molar-refractivity contribution in [3.63, 3.8) is 0 Å². The van der Waals surface area contributed by atoms with Gasteiger partial charge in [0, 0.05) is 5.56 Å². The van der Waals surface area contributed by atoms with E-state index in [1.54, 1.807) is 12.1 Å². The van der Waals surface area contributed by atoms with Gasteiger partial charge in [-0.2, -0.15) is 0 Å². The zero-order chi connectivity index (χ0) is 17.1. The molecule has 0 radical (unpaired) electrons. The number of rotatable bonds is 4. The molecule has 130 valence electrons. The lowest BCUT2D eigenvalue weighted by Crippen LogP contribution is -2.22. The zero-order valence-electron chi connectivity index (χ0n) is 14.4. The standard InChI is InChI=1S/C21H26ClFO/c1-3-14-4-6-15(7-5-14)16-8-10-17(11-9-16)18-12-13-19(24-2)20(22)21(18)23/h3,10,12-16H,1,4-9,11H2,2H3. The summed E-state index contributed by atoms with van der Waals surface area (Å²) in [7, 11) is 1.51. The summed E-state index contributed by atoms with van der Waals surface area (Å²) in [6.45, 7) is 3.93. The molecule has 1 aromatic rings. The van der Waals surface area contributed by atoms with E-state index in [1.165, 1.54) is 32.8 Å². The van der Waals surface area contributed by atoms with Crippen LogP contribution in [0.4, 0.5) is 4.39 Å². The Labute approximate surface area is 149 Å². The van der Waals surface area contributed by atoms with Crippen LogP contribution in [-0.2, 0) is 0 Å². The molecule has 3 heteroatoms. The van der Waals surface area contributed by atoms with E-state index in [4.69, 9.17) is 16.3 Å². The molecule has 1 fully saturated rings. The maximum atomic E-state index is 14.5. The molecule has 1 nitrogen and oxygen atoms in total. The zero-order valence-corrected chi connectivity index (χ0v) is 15.1. The monoisotopic (exact) mass is 348 g/mol. The molecule has 0 aromatic heterocycles. The first kappa shape index (κ1) is 17.5. The summed E-state index contributed by atoms with van der Waals surface area (Å²) in [5, 5.41) is 0.0840. The van der Waals surface area contributed by atoms with Crippen LogP contribution in [0, 0.1) is 23.6 Å². The summed E-state index contributed by atoms with van der Waals surface area (Å²) in [4.78, 5) is 0. The Bertz CT molecular complexity index is 629. The quantitative estimate of drug-likeness (QED) is 0.552. The fourth-order valence-corrected chi connectivity index (χ4v) is 4.56. The first-order valence-electron chi connectivity index (χ1n) is 8.98. The van der Waals surface area contributed by atoms with Crippen LogP contribution in [0.2, 0.25) is 5.02 Å². The van der Waals surface area contributed by atoms with Crippen LogP contribution in [0.15, 0.2) is 30.9 Å². The van der Waals surface area contributed by atoms with Gasteiger partial charge in [0.15, 0.2) is 5.82 Å². The number of allylic oxidation sites excluding steroid dienone is 3. The number of hydrogen-bond donors (Lipinski definition) is 0. The second-order valence-electron chi connectivity index (χ2n) is 7.12. The average molecular weight is 349 g/mol. The molecular formula is C21H26ClFO. The largest absolute Gasteiger partial charge is 0.495 e. The normalized spacial score (nSPS) is 27.5. The van der Waals surface area contributed by atoms with Gasteiger partial charge >= 0.3 is 0 Å². The molecule has 1 atom stereocenters. The van der Waals surface area contributed by atoms with Crippen molar-refractivity contribution in [2.45, 2.75) is 44.9 Å². The summed E-state index contributed by atoms with van der Waals surface area (Å²) < 4.78 is 19.6. The lowest BCUT2D eigenvalue weighted by atomic mass is 9.71. The summed E-state index contributed by atoms with van der Waals surface area (Å²) >= 11 is 6.06. The fraction of sp³-hybridized carbons (Fsp3) is 0.524. The SMILES string of the molecule is C=CC1CCC(C2CC=C(c3ccc(OC)c(Cl)c3F)CC2)CC1. The van der Waals surface area contributed by atoms with Crippen molar-refractivity contribution in [1.82, 2.24) is 0 Å². The summed E-state index contributed by atoms with van der Waals surface area (Å²) in [5.74, 6) is 2.32. The molecular weight excluding hydrogens is 323 g/mol. The lowest BCUT2D eigenvalue weighted by molar-refractivity contribution is 0.212. The van der Waals surface area contributed by atoms with Crippen LogP contribution >= 0.6 is 11.6 Å². The first-order valence-corrected chi connectivity index (χ1v) is 9.35. The summed E-state index contributed by atoms with van der Waals surface area (Å²) in [5.41, 5.74) is 1.72. The molecule has 2 aliphatic carbocycles. The third kappa shape index (κ3) is 3.54. The van der Waals surface area contributed by atoms with Crippen LogP contribution in [0.1, 0.15) is 50.5 Å². The maximum absolute atomic E-state index is 14.5. The molecule has 0 heterocycles. The highest BCUT2D eigenvalue weighted by atomic mass is 35.5. The van der Waals surface area contributed by atoms with Crippen molar-refractivity contribution < 1.29 is 9.13 Å². The predicted octanol–water partition coefficient (Wildman–Crippen LogP) is 6.66. The molecule has 0 N–H and O–H groups in total. The van der Waals surface area contributed by atoms with Crippen molar-refractivity contribution in [3.8, 4) is 5.75 Å². The van der Waals surface area contributed by atoms with Crippen molar-refractivity contribution in [1.29, 1.82) is 0 Å². The van der Waals surface area contributed by atoms with Gasteiger partial charge in [0.25, 0.3) is 0 Å². The highest BCUT2D eigenvalue weighted by molar-refractivity contribution is 6.32. The first-order chi connectivity index (χ1) is 11.6. The number of ether oxygens (including phenoxy) is 1. The molecule has 1 aromatic carbocycles. The van der Waals surface area contributed by atoms with E-state index in [9.17, 15) is 4.39 Å². The van der Waals surface area contributed by atoms with E-state index in [0.29, 0.717) is 17.2 Å².